The first-order valence-electron chi connectivity index (χ1n) is 8.46. The zero-order valence-corrected chi connectivity index (χ0v) is 16.7. The van der Waals surface area contributed by atoms with Gasteiger partial charge in [0.05, 0.1) is 10.9 Å². The molecule has 0 fully saturated rings. The Bertz CT molecular complexity index is 869. The van der Waals surface area contributed by atoms with E-state index in [9.17, 15) is 22.0 Å². The highest BCUT2D eigenvalue weighted by Gasteiger charge is 2.19. The van der Waals surface area contributed by atoms with Crippen LogP contribution in [0.2, 0.25) is 0 Å². The van der Waals surface area contributed by atoms with Gasteiger partial charge in [-0.1, -0.05) is 19.9 Å². The Morgan fingerprint density at radius 3 is 2.52 bits per heavy atom. The summed E-state index contributed by atoms with van der Waals surface area (Å²) in [4.78, 5) is 12.9. The Kier molecular flexibility index (Phi) is 7.46. The number of benzene rings is 1. The first kappa shape index (κ1) is 21.5. The second-order valence-corrected chi connectivity index (χ2v) is 9.23. The number of hydrogen-bond donors (Lipinski definition) is 2. The third-order valence-electron chi connectivity index (χ3n) is 3.77. The van der Waals surface area contributed by atoms with Crippen molar-refractivity contribution in [3.05, 3.63) is 52.2 Å². The predicted octanol–water partition coefficient (Wildman–Crippen LogP) is 3.60. The molecule has 1 aromatic heterocycles. The molecular formula is C18H22F2N2O3S2. The van der Waals surface area contributed by atoms with Gasteiger partial charge in [-0.05, 0) is 42.0 Å². The molecule has 9 heteroatoms. The van der Waals surface area contributed by atoms with Crippen LogP contribution in [0.25, 0.3) is 0 Å². The minimum atomic E-state index is -4.02. The number of hydrogen-bond acceptors (Lipinski definition) is 4. The van der Waals surface area contributed by atoms with Crippen LogP contribution >= 0.6 is 11.3 Å². The highest BCUT2D eigenvalue weighted by molar-refractivity contribution is 7.89. The maximum absolute atomic E-state index is 13.2. The zero-order valence-electron chi connectivity index (χ0n) is 15.0. The van der Waals surface area contributed by atoms with Crippen LogP contribution in [0, 0.1) is 17.6 Å². The van der Waals surface area contributed by atoms with Crippen molar-refractivity contribution in [3.63, 3.8) is 0 Å². The SMILES string of the molecule is CC(C)CC(NC(=O)CCNS(=O)(=O)c1ccc(F)c(F)c1)c1cccs1. The molecule has 2 rings (SSSR count). The van der Waals surface area contributed by atoms with Crippen LogP contribution in [-0.2, 0) is 14.8 Å². The van der Waals surface area contributed by atoms with Gasteiger partial charge in [-0.15, -0.1) is 11.3 Å². The molecule has 0 aliphatic rings. The molecule has 0 saturated carbocycles. The van der Waals surface area contributed by atoms with Crippen molar-refractivity contribution in [2.75, 3.05) is 6.54 Å². The Morgan fingerprint density at radius 2 is 1.93 bits per heavy atom. The molecule has 5 nitrogen and oxygen atoms in total. The first-order valence-corrected chi connectivity index (χ1v) is 10.8. The van der Waals surface area contributed by atoms with Crippen LogP contribution in [0.5, 0.6) is 0 Å². The van der Waals surface area contributed by atoms with Gasteiger partial charge in [-0.25, -0.2) is 21.9 Å². The number of carbonyl (C=O) groups is 1. The van der Waals surface area contributed by atoms with Gasteiger partial charge >= 0.3 is 0 Å². The fourth-order valence-electron chi connectivity index (χ4n) is 2.50. The van der Waals surface area contributed by atoms with E-state index in [4.69, 9.17) is 0 Å². The molecule has 148 valence electrons. The summed E-state index contributed by atoms with van der Waals surface area (Å²) in [6, 6.07) is 6.05. The van der Waals surface area contributed by atoms with Gasteiger partial charge in [0.15, 0.2) is 11.6 Å². The molecule has 27 heavy (non-hydrogen) atoms. The summed E-state index contributed by atoms with van der Waals surface area (Å²) in [6.07, 6.45) is 0.704. The van der Waals surface area contributed by atoms with Gasteiger partial charge in [0.2, 0.25) is 15.9 Å². The van der Waals surface area contributed by atoms with E-state index in [2.05, 4.69) is 23.9 Å². The quantitative estimate of drug-likeness (QED) is 0.656. The topological polar surface area (TPSA) is 75.3 Å². The molecule has 1 unspecified atom stereocenters. The average molecular weight is 417 g/mol. The number of sulfonamides is 1. The van der Waals surface area contributed by atoms with Crippen molar-refractivity contribution in [2.24, 2.45) is 5.92 Å². The number of nitrogens with one attached hydrogen (secondary N) is 2. The predicted molar refractivity (Wildman–Crippen MR) is 101 cm³/mol. The van der Waals surface area contributed by atoms with Crippen LogP contribution in [0.4, 0.5) is 8.78 Å². The molecule has 0 aliphatic heterocycles. The average Bonchev–Trinajstić information content (AvgIpc) is 3.10. The summed E-state index contributed by atoms with van der Waals surface area (Å²) in [5.74, 6) is -2.28. The Balaban J connectivity index is 1.91. The van der Waals surface area contributed by atoms with E-state index in [1.807, 2.05) is 17.5 Å². The number of halogens is 2. The molecule has 0 bridgehead atoms. The summed E-state index contributed by atoms with van der Waals surface area (Å²) in [5, 5.41) is 4.86. The molecule has 2 aromatic rings. The van der Waals surface area contributed by atoms with Gasteiger partial charge in [0.25, 0.3) is 0 Å². The van der Waals surface area contributed by atoms with Crippen LogP contribution in [0.1, 0.15) is 37.6 Å². The number of amides is 1. The fraction of sp³-hybridized carbons (Fsp3) is 0.389. The number of rotatable bonds is 9. The van der Waals surface area contributed by atoms with Crippen molar-refractivity contribution >= 4 is 27.3 Å². The highest BCUT2D eigenvalue weighted by atomic mass is 32.2. The molecule has 1 heterocycles. The molecule has 0 aliphatic carbocycles. The zero-order chi connectivity index (χ0) is 20.0. The molecule has 1 atom stereocenters. The van der Waals surface area contributed by atoms with Gasteiger partial charge < -0.3 is 5.32 Å². The monoisotopic (exact) mass is 416 g/mol. The second kappa shape index (κ2) is 9.38. The van der Waals surface area contributed by atoms with Crippen LogP contribution < -0.4 is 10.0 Å². The third-order valence-corrected chi connectivity index (χ3v) is 6.22. The van der Waals surface area contributed by atoms with Crippen molar-refractivity contribution in [1.82, 2.24) is 10.0 Å². The van der Waals surface area contributed by atoms with Crippen molar-refractivity contribution in [1.29, 1.82) is 0 Å². The van der Waals surface area contributed by atoms with E-state index >= 15 is 0 Å². The maximum Gasteiger partial charge on any atom is 0.240 e. The van der Waals surface area contributed by atoms with Crippen molar-refractivity contribution in [2.45, 2.75) is 37.6 Å². The van der Waals surface area contributed by atoms with Gasteiger partial charge in [0.1, 0.15) is 0 Å². The van der Waals surface area contributed by atoms with E-state index in [-0.39, 0.29) is 24.9 Å². The van der Waals surface area contributed by atoms with Gasteiger partial charge in [-0.2, -0.15) is 0 Å². The summed E-state index contributed by atoms with van der Waals surface area (Å²) >= 11 is 1.55. The first-order chi connectivity index (χ1) is 12.7. The largest absolute Gasteiger partial charge is 0.348 e. The Labute approximate surface area is 161 Å². The van der Waals surface area contributed by atoms with Crippen LogP contribution in [0.3, 0.4) is 0 Å². The van der Waals surface area contributed by atoms with Crippen LogP contribution in [0.15, 0.2) is 40.6 Å². The van der Waals surface area contributed by atoms with E-state index < -0.39 is 26.6 Å². The van der Waals surface area contributed by atoms with E-state index in [1.54, 1.807) is 11.3 Å². The van der Waals surface area contributed by atoms with Gasteiger partial charge in [-0.3, -0.25) is 4.79 Å². The fourth-order valence-corrected chi connectivity index (χ4v) is 4.33. The van der Waals surface area contributed by atoms with Crippen LogP contribution in [-0.4, -0.2) is 20.9 Å². The summed E-state index contributed by atoms with van der Waals surface area (Å²) in [7, 11) is -4.02. The molecule has 1 amide bonds. The molecule has 1 aromatic carbocycles. The van der Waals surface area contributed by atoms with Crippen molar-refractivity contribution < 1.29 is 22.0 Å². The van der Waals surface area contributed by atoms with Crippen molar-refractivity contribution in [3.8, 4) is 0 Å². The number of thiophene rings is 1. The molecule has 0 radical (unpaired) electrons. The second-order valence-electron chi connectivity index (χ2n) is 6.49. The van der Waals surface area contributed by atoms with E-state index in [1.165, 1.54) is 0 Å². The van der Waals surface area contributed by atoms with E-state index in [0.717, 1.165) is 23.4 Å². The molecule has 0 saturated heterocycles. The smallest absolute Gasteiger partial charge is 0.240 e. The minimum absolute atomic E-state index is 0.0666. The molecule has 0 spiro atoms. The van der Waals surface area contributed by atoms with Gasteiger partial charge in [0, 0.05) is 17.8 Å². The maximum atomic E-state index is 13.2. The van der Waals surface area contributed by atoms with E-state index in [0.29, 0.717) is 12.0 Å². The number of carbonyl (C=O) groups excluding carboxylic acids is 1. The summed E-state index contributed by atoms with van der Waals surface area (Å²) in [6.45, 7) is 3.97. The highest BCUT2D eigenvalue weighted by Crippen LogP contribution is 2.25. The molecule has 2 N–H and O–H groups in total. The lowest BCUT2D eigenvalue weighted by Crippen LogP contribution is -2.33. The lowest BCUT2D eigenvalue weighted by atomic mass is 10.0. The minimum Gasteiger partial charge on any atom is -0.348 e. The lowest BCUT2D eigenvalue weighted by molar-refractivity contribution is -0.121. The normalized spacial score (nSPS) is 12.9. The Hall–Kier alpha value is -1.84. The standard InChI is InChI=1S/C18H22F2N2O3S2/c1-12(2)10-16(17-4-3-9-26-17)22-18(23)7-8-21-27(24,25)13-5-6-14(19)15(20)11-13/h3-6,9,11-12,16,21H,7-8,10H2,1-2H3,(H,22,23). The molecular weight excluding hydrogens is 394 g/mol. The summed E-state index contributed by atoms with van der Waals surface area (Å²) in [5.41, 5.74) is 0. The summed E-state index contributed by atoms with van der Waals surface area (Å²) < 4.78 is 52.6. The Morgan fingerprint density at radius 1 is 1.19 bits per heavy atom. The lowest BCUT2D eigenvalue weighted by Gasteiger charge is -2.19. The third kappa shape index (κ3) is 6.37.